The van der Waals surface area contributed by atoms with Gasteiger partial charge in [-0.3, -0.25) is 9.48 Å². The average molecular weight is 428 g/mol. The number of aryl methyl sites for hydroxylation is 1. The SMILES string of the molecule is CC.Cn1nc(C(=O)O)c2c1C(=O)N(CC1(S(=O)(=O)C3(CCO)CC3)CC1)CC2. The van der Waals surface area contributed by atoms with Crippen LogP contribution in [0.4, 0.5) is 0 Å². The maximum absolute atomic E-state index is 13.2. The molecule has 2 heterocycles. The third-order valence-corrected chi connectivity index (χ3v) is 9.70. The highest BCUT2D eigenvalue weighted by Gasteiger charge is 2.67. The number of carbonyl (C=O) groups excluding carboxylic acids is 1. The zero-order valence-corrected chi connectivity index (χ0v) is 18.0. The highest BCUT2D eigenvalue weighted by atomic mass is 32.2. The van der Waals surface area contributed by atoms with Crippen LogP contribution >= 0.6 is 0 Å². The van der Waals surface area contributed by atoms with E-state index in [-0.39, 0.29) is 43.4 Å². The Labute approximate surface area is 170 Å². The number of hydrogen-bond donors (Lipinski definition) is 2. The molecule has 162 valence electrons. The van der Waals surface area contributed by atoms with Crippen LogP contribution in [-0.2, 0) is 23.3 Å². The third kappa shape index (κ3) is 3.26. The fourth-order valence-corrected chi connectivity index (χ4v) is 7.23. The van der Waals surface area contributed by atoms with Crippen molar-refractivity contribution in [3.63, 3.8) is 0 Å². The second-order valence-corrected chi connectivity index (χ2v) is 10.7. The van der Waals surface area contributed by atoms with E-state index >= 15 is 0 Å². The molecule has 1 amide bonds. The van der Waals surface area contributed by atoms with Crippen LogP contribution in [0.25, 0.3) is 0 Å². The summed E-state index contributed by atoms with van der Waals surface area (Å²) in [5.41, 5.74) is 0.523. The predicted molar refractivity (Wildman–Crippen MR) is 106 cm³/mol. The molecule has 0 bridgehead atoms. The number of aromatic nitrogens is 2. The van der Waals surface area contributed by atoms with E-state index in [4.69, 9.17) is 0 Å². The molecule has 10 heteroatoms. The van der Waals surface area contributed by atoms with Crippen molar-refractivity contribution in [1.29, 1.82) is 0 Å². The van der Waals surface area contributed by atoms with Crippen LogP contribution in [0.15, 0.2) is 0 Å². The number of aliphatic hydroxyl groups excluding tert-OH is 1. The molecule has 2 saturated carbocycles. The van der Waals surface area contributed by atoms with E-state index in [0.29, 0.717) is 37.7 Å². The van der Waals surface area contributed by atoms with Gasteiger partial charge in [-0.1, -0.05) is 13.8 Å². The molecule has 1 aliphatic heterocycles. The summed E-state index contributed by atoms with van der Waals surface area (Å²) in [6, 6.07) is 0. The molecule has 0 saturated heterocycles. The summed E-state index contributed by atoms with van der Waals surface area (Å²) in [5, 5.41) is 22.4. The lowest BCUT2D eigenvalue weighted by atomic mass is 10.0. The largest absolute Gasteiger partial charge is 0.476 e. The van der Waals surface area contributed by atoms with Crippen molar-refractivity contribution in [3.8, 4) is 0 Å². The van der Waals surface area contributed by atoms with Crippen molar-refractivity contribution in [2.24, 2.45) is 7.05 Å². The van der Waals surface area contributed by atoms with Crippen molar-refractivity contribution < 1.29 is 28.2 Å². The minimum absolute atomic E-state index is 0.117. The molecule has 9 nitrogen and oxygen atoms in total. The number of carbonyl (C=O) groups is 2. The molecule has 0 spiro atoms. The maximum atomic E-state index is 13.2. The fourth-order valence-electron chi connectivity index (χ4n) is 4.35. The quantitative estimate of drug-likeness (QED) is 0.664. The van der Waals surface area contributed by atoms with Crippen molar-refractivity contribution in [2.75, 3.05) is 19.7 Å². The molecule has 1 aromatic heterocycles. The smallest absolute Gasteiger partial charge is 0.356 e. The molecule has 0 unspecified atom stereocenters. The number of sulfone groups is 1. The lowest BCUT2D eigenvalue weighted by Gasteiger charge is -2.32. The minimum Gasteiger partial charge on any atom is -0.476 e. The third-order valence-electron chi connectivity index (χ3n) is 6.27. The molecule has 3 aliphatic rings. The van der Waals surface area contributed by atoms with E-state index in [2.05, 4.69) is 5.10 Å². The van der Waals surface area contributed by atoms with Crippen LogP contribution < -0.4 is 0 Å². The molecule has 1 aromatic rings. The van der Waals surface area contributed by atoms with E-state index in [1.54, 1.807) is 0 Å². The molecule has 4 rings (SSSR count). The van der Waals surface area contributed by atoms with E-state index in [1.807, 2.05) is 13.8 Å². The number of carboxylic acids is 1. The Balaban J connectivity index is 0.00000117. The van der Waals surface area contributed by atoms with Crippen LogP contribution in [0.1, 0.15) is 72.5 Å². The summed E-state index contributed by atoms with van der Waals surface area (Å²) in [5.74, 6) is -1.54. The van der Waals surface area contributed by atoms with Gasteiger partial charge in [-0.2, -0.15) is 5.10 Å². The van der Waals surface area contributed by atoms with Crippen molar-refractivity contribution >= 4 is 21.7 Å². The first-order valence-electron chi connectivity index (χ1n) is 10.1. The van der Waals surface area contributed by atoms with Crippen molar-refractivity contribution in [3.05, 3.63) is 17.0 Å². The number of aliphatic hydroxyl groups is 1. The van der Waals surface area contributed by atoms with E-state index in [9.17, 15) is 28.2 Å². The second kappa shape index (κ2) is 7.39. The lowest BCUT2D eigenvalue weighted by molar-refractivity contribution is 0.0688. The maximum Gasteiger partial charge on any atom is 0.356 e. The first kappa shape index (κ1) is 21.8. The van der Waals surface area contributed by atoms with Gasteiger partial charge in [-0.05, 0) is 38.5 Å². The Morgan fingerprint density at radius 1 is 1.17 bits per heavy atom. The van der Waals surface area contributed by atoms with Gasteiger partial charge < -0.3 is 15.1 Å². The minimum atomic E-state index is -3.47. The van der Waals surface area contributed by atoms with Gasteiger partial charge >= 0.3 is 5.97 Å². The molecule has 29 heavy (non-hydrogen) atoms. The van der Waals surface area contributed by atoms with E-state index < -0.39 is 25.3 Å². The Morgan fingerprint density at radius 3 is 2.24 bits per heavy atom. The number of carboxylic acid groups (broad SMARTS) is 1. The number of amides is 1. The second-order valence-electron chi connectivity index (χ2n) is 7.92. The summed E-state index contributed by atoms with van der Waals surface area (Å²) in [4.78, 5) is 25.8. The van der Waals surface area contributed by atoms with Gasteiger partial charge in [0.15, 0.2) is 15.5 Å². The molecular formula is C19H29N3O6S. The summed E-state index contributed by atoms with van der Waals surface area (Å²) in [6.45, 7) is 4.24. The number of rotatable bonds is 7. The summed E-state index contributed by atoms with van der Waals surface area (Å²) in [6.07, 6.45) is 2.77. The number of nitrogens with zero attached hydrogens (tertiary/aromatic N) is 3. The first-order chi connectivity index (χ1) is 13.7. The van der Waals surface area contributed by atoms with Crippen LogP contribution in [0.5, 0.6) is 0 Å². The Morgan fingerprint density at radius 2 is 1.76 bits per heavy atom. The fraction of sp³-hybridized carbons (Fsp3) is 0.737. The van der Waals surface area contributed by atoms with Gasteiger partial charge in [-0.15, -0.1) is 0 Å². The Bertz CT molecular complexity index is 928. The van der Waals surface area contributed by atoms with Gasteiger partial charge in [-0.25, -0.2) is 13.2 Å². The van der Waals surface area contributed by atoms with Crippen LogP contribution in [-0.4, -0.2) is 74.4 Å². The van der Waals surface area contributed by atoms with Gasteiger partial charge in [0.25, 0.3) is 5.91 Å². The number of aromatic carboxylic acids is 1. The van der Waals surface area contributed by atoms with Crippen LogP contribution in [0, 0.1) is 0 Å². The lowest BCUT2D eigenvalue weighted by Crippen LogP contribution is -2.48. The van der Waals surface area contributed by atoms with E-state index in [1.165, 1.54) is 16.6 Å². The average Bonchev–Trinajstić information content (AvgIpc) is 3.59. The first-order valence-corrected chi connectivity index (χ1v) is 11.6. The zero-order chi connectivity index (χ0) is 21.6. The highest BCUT2D eigenvalue weighted by molar-refractivity contribution is 7.94. The van der Waals surface area contributed by atoms with Crippen LogP contribution in [0.3, 0.4) is 0 Å². The topological polar surface area (TPSA) is 130 Å². The predicted octanol–water partition coefficient (Wildman–Crippen LogP) is 1.01. The van der Waals surface area contributed by atoms with Crippen molar-refractivity contribution in [1.82, 2.24) is 14.7 Å². The standard InChI is InChI=1S/C17H23N3O6S.C2H6/c1-19-13-11(12(18-19)15(23)24)2-8-20(14(13)22)10-17(5-6-17)27(25,26)16(3-4-16)7-9-21;1-2/h21H,2-10H2,1H3,(H,23,24);1-2H3. The molecule has 0 radical (unpaired) electrons. The highest BCUT2D eigenvalue weighted by Crippen LogP contribution is 2.58. The van der Waals surface area contributed by atoms with Gasteiger partial charge in [0.05, 0.1) is 9.49 Å². The monoisotopic (exact) mass is 427 g/mol. The summed E-state index contributed by atoms with van der Waals surface area (Å²) >= 11 is 0. The molecule has 2 aliphatic carbocycles. The zero-order valence-electron chi connectivity index (χ0n) is 17.1. The number of hydrogen-bond acceptors (Lipinski definition) is 6. The van der Waals surface area contributed by atoms with Gasteiger partial charge in [0, 0.05) is 32.3 Å². The summed E-state index contributed by atoms with van der Waals surface area (Å²) < 4.78 is 26.0. The van der Waals surface area contributed by atoms with Gasteiger partial charge in [0.2, 0.25) is 0 Å². The molecular weight excluding hydrogens is 398 g/mol. The van der Waals surface area contributed by atoms with Crippen LogP contribution in [0.2, 0.25) is 0 Å². The molecule has 2 fully saturated rings. The normalized spacial score (nSPS) is 21.1. The molecule has 0 atom stereocenters. The summed E-state index contributed by atoms with van der Waals surface area (Å²) in [7, 11) is -1.94. The Kier molecular flexibility index (Phi) is 5.55. The Hall–Kier alpha value is -1.94. The molecule has 0 aromatic carbocycles. The molecule has 2 N–H and O–H groups in total. The van der Waals surface area contributed by atoms with Gasteiger partial charge in [0.1, 0.15) is 5.69 Å². The van der Waals surface area contributed by atoms with E-state index in [0.717, 1.165) is 0 Å². The number of fused-ring (bicyclic) bond motifs is 1. The van der Waals surface area contributed by atoms with Crippen molar-refractivity contribution in [2.45, 2.75) is 61.9 Å².